The zero-order chi connectivity index (χ0) is 34.0. The summed E-state index contributed by atoms with van der Waals surface area (Å²) in [5, 5.41) is 16.1. The van der Waals surface area contributed by atoms with Crippen LogP contribution in [0.5, 0.6) is 0 Å². The first-order chi connectivity index (χ1) is 21.8. The molecule has 0 aliphatic heterocycles. The third kappa shape index (κ3) is 11.9. The van der Waals surface area contributed by atoms with Gasteiger partial charge in [-0.15, -0.1) is 17.1 Å². The Kier molecular flexibility index (Phi) is 18.1. The number of anilines is 3. The molecule has 3 aromatic rings. The van der Waals surface area contributed by atoms with E-state index in [0.717, 1.165) is 53.0 Å². The average Bonchev–Trinajstić information content (AvgIpc) is 2.98. The van der Waals surface area contributed by atoms with Gasteiger partial charge in [0.1, 0.15) is 0 Å². The Morgan fingerprint density at radius 1 is 0.404 bits per heavy atom. The molecule has 3 aromatic carbocycles. The van der Waals surface area contributed by atoms with Crippen molar-refractivity contribution < 1.29 is 17.4 Å². The maximum absolute atomic E-state index is 5.37. The molecule has 0 bridgehead atoms. The second kappa shape index (κ2) is 20.4. The topological polar surface area (TPSA) is 45.5 Å². The number of benzene rings is 3. The van der Waals surface area contributed by atoms with Crippen molar-refractivity contribution in [1.82, 2.24) is 0 Å². The van der Waals surface area contributed by atoms with Gasteiger partial charge in [0.2, 0.25) is 0 Å². The van der Waals surface area contributed by atoms with E-state index in [1.807, 2.05) is 0 Å². The maximum Gasteiger partial charge on any atom is 3.00 e. The van der Waals surface area contributed by atoms with Crippen molar-refractivity contribution in [3.63, 3.8) is 0 Å². The molecule has 8 heteroatoms. The first kappa shape index (κ1) is 41.9. The molecule has 0 amide bonds. The maximum atomic E-state index is 5.37. The molecule has 0 aromatic heterocycles. The standard InChI is InChI=1S/C39H60N4P3.Cr/c1-28(2)44(29(3)4)25-40-34-19-13-16-22-37(34)43(38-23-17-14-20-35(38)41-26-45(30(5)6)31(7)8)39-24-18-15-21-36(39)42-27-46(32(9)10)33(11)12;/h13-24,28-33H,25-27H2,1-12H3;/q-3;+3/p+3. The molecule has 4 nitrogen and oxygen atoms in total. The number of hydrogen-bond acceptors (Lipinski definition) is 1. The van der Waals surface area contributed by atoms with Crippen molar-refractivity contribution in [1.29, 1.82) is 0 Å². The van der Waals surface area contributed by atoms with E-state index < -0.39 is 23.8 Å². The summed E-state index contributed by atoms with van der Waals surface area (Å²) in [6, 6.07) is 26.1. The first-order valence-electron chi connectivity index (χ1n) is 17.5. The molecule has 0 fully saturated rings. The average molecular weight is 733 g/mol. The zero-order valence-electron chi connectivity index (χ0n) is 31.2. The minimum absolute atomic E-state index is 0. The van der Waals surface area contributed by atoms with Crippen LogP contribution in [0.15, 0.2) is 72.8 Å². The summed E-state index contributed by atoms with van der Waals surface area (Å²) in [5.74, 6) is 0. The fourth-order valence-electron chi connectivity index (χ4n) is 6.37. The van der Waals surface area contributed by atoms with Crippen LogP contribution in [0.25, 0.3) is 16.0 Å². The number of hydrogen-bond donors (Lipinski definition) is 0. The van der Waals surface area contributed by atoms with Gasteiger partial charge in [0, 0.05) is 17.1 Å². The van der Waals surface area contributed by atoms with Crippen LogP contribution < -0.4 is 4.90 Å². The van der Waals surface area contributed by atoms with Crippen molar-refractivity contribution in [3.8, 4) is 0 Å². The SMILES string of the molecule is CC(C)[PH+](C[N-]c1ccccc1N(c1ccccc1[N-]C[PH+](C(C)C)C(C)C)c1ccccc1[N-]C[PH+](C(C)C)C(C)C)C(C)C.[Cr+3]. The minimum Gasteiger partial charge on any atom is -0.651 e. The Labute approximate surface area is 303 Å². The van der Waals surface area contributed by atoms with Crippen molar-refractivity contribution >= 4 is 57.9 Å². The van der Waals surface area contributed by atoms with Gasteiger partial charge in [-0.25, -0.2) is 0 Å². The third-order valence-electron chi connectivity index (χ3n) is 9.11. The number of nitrogens with zero attached hydrogens (tertiary/aromatic N) is 4. The fourth-order valence-corrected chi connectivity index (χ4v) is 13.6. The van der Waals surface area contributed by atoms with E-state index in [1.165, 1.54) is 0 Å². The normalized spacial score (nSPS) is 11.9. The summed E-state index contributed by atoms with van der Waals surface area (Å²) in [7, 11) is -1.94. The Morgan fingerprint density at radius 2 is 0.617 bits per heavy atom. The predicted molar refractivity (Wildman–Crippen MR) is 221 cm³/mol. The van der Waals surface area contributed by atoms with Crippen molar-refractivity contribution in [2.24, 2.45) is 0 Å². The molecule has 3 rings (SSSR count). The summed E-state index contributed by atoms with van der Waals surface area (Å²) in [5.41, 5.74) is 10.4. The second-order valence-corrected chi connectivity index (χ2v) is 25.7. The summed E-state index contributed by atoms with van der Waals surface area (Å²) in [6.45, 7) is 28.4. The van der Waals surface area contributed by atoms with Gasteiger partial charge in [-0.3, -0.25) is 0 Å². The van der Waals surface area contributed by atoms with E-state index in [1.54, 1.807) is 0 Å². The van der Waals surface area contributed by atoms with Crippen LogP contribution in [0.4, 0.5) is 34.1 Å². The van der Waals surface area contributed by atoms with E-state index in [4.69, 9.17) is 16.0 Å². The molecule has 1 radical (unpaired) electrons. The van der Waals surface area contributed by atoms with Gasteiger partial charge < -0.3 is 20.9 Å². The molecule has 0 aliphatic carbocycles. The van der Waals surface area contributed by atoms with Gasteiger partial charge in [-0.2, -0.15) is 0 Å². The van der Waals surface area contributed by atoms with E-state index in [-0.39, 0.29) is 17.4 Å². The summed E-state index contributed by atoms with van der Waals surface area (Å²) >= 11 is 0. The summed E-state index contributed by atoms with van der Waals surface area (Å²) in [4.78, 5) is 2.40. The molecule has 47 heavy (non-hydrogen) atoms. The minimum atomic E-state index is -0.646. The van der Waals surface area contributed by atoms with Gasteiger partial charge in [0.25, 0.3) is 0 Å². The van der Waals surface area contributed by atoms with Crippen LogP contribution in [0.2, 0.25) is 0 Å². The monoisotopic (exact) mass is 732 g/mol. The van der Waals surface area contributed by atoms with E-state index in [9.17, 15) is 0 Å². The van der Waals surface area contributed by atoms with E-state index in [2.05, 4.69) is 161 Å². The van der Waals surface area contributed by atoms with Crippen LogP contribution in [0.1, 0.15) is 83.1 Å². The Morgan fingerprint density at radius 3 is 0.830 bits per heavy atom. The van der Waals surface area contributed by atoms with Gasteiger partial charge in [-0.1, -0.05) is 54.6 Å². The van der Waals surface area contributed by atoms with Crippen LogP contribution in [-0.2, 0) is 17.4 Å². The van der Waals surface area contributed by atoms with Gasteiger partial charge in [0.05, 0.1) is 34.0 Å². The molecular formula is C39H63CrN4P3+3. The quantitative estimate of drug-likeness (QED) is 0.120. The zero-order valence-corrected chi connectivity index (χ0v) is 35.5. The summed E-state index contributed by atoms with van der Waals surface area (Å²) in [6.07, 6.45) is 2.73. The van der Waals surface area contributed by atoms with Gasteiger partial charge in [-0.05, 0) is 144 Å². The predicted octanol–water partition coefficient (Wildman–Crippen LogP) is 14.1. The van der Waals surface area contributed by atoms with Crippen LogP contribution in [0, 0.1) is 0 Å². The fraction of sp³-hybridized carbons (Fsp3) is 0.538. The Hall–Kier alpha value is -1.32. The molecule has 0 spiro atoms. The van der Waals surface area contributed by atoms with E-state index >= 15 is 0 Å². The summed E-state index contributed by atoms with van der Waals surface area (Å²) < 4.78 is 0. The molecule has 0 N–H and O–H groups in total. The van der Waals surface area contributed by atoms with Crippen molar-refractivity contribution in [2.45, 2.75) is 117 Å². The molecular weight excluding hydrogens is 669 g/mol. The molecule has 0 saturated carbocycles. The molecule has 0 atom stereocenters. The number of rotatable bonds is 18. The van der Waals surface area contributed by atoms with Crippen LogP contribution in [-0.4, -0.2) is 52.8 Å². The third-order valence-corrected chi connectivity index (χ3v) is 19.6. The van der Waals surface area contributed by atoms with Gasteiger partial charge in [0.15, 0.2) is 0 Å². The smallest absolute Gasteiger partial charge is 0.651 e. The van der Waals surface area contributed by atoms with Crippen molar-refractivity contribution in [2.75, 3.05) is 23.8 Å². The molecule has 0 saturated heterocycles. The van der Waals surface area contributed by atoms with Gasteiger partial charge >= 0.3 is 17.4 Å². The second-order valence-electron chi connectivity index (χ2n) is 14.4. The Bertz CT molecular complexity index is 1150. The van der Waals surface area contributed by atoms with E-state index in [0.29, 0.717) is 34.0 Å². The molecule has 0 unspecified atom stereocenters. The Balaban J connectivity index is 0.00000768. The number of para-hydroxylation sites is 6. The van der Waals surface area contributed by atoms with Crippen LogP contribution in [0.3, 0.4) is 0 Å². The first-order valence-corrected chi connectivity index (χ1v) is 23.1. The van der Waals surface area contributed by atoms with Crippen molar-refractivity contribution in [3.05, 3.63) is 88.7 Å². The molecule has 0 aliphatic rings. The van der Waals surface area contributed by atoms with Crippen LogP contribution >= 0.6 is 23.8 Å². The largest absolute Gasteiger partial charge is 3.00 e. The molecule has 257 valence electrons. The molecule has 0 heterocycles.